The molecule has 1 heterocycles. The predicted octanol–water partition coefficient (Wildman–Crippen LogP) is 2.81. The van der Waals surface area contributed by atoms with Gasteiger partial charge in [0.1, 0.15) is 11.5 Å². The van der Waals surface area contributed by atoms with Crippen LogP contribution in [-0.4, -0.2) is 6.54 Å². The second-order valence-electron chi connectivity index (χ2n) is 3.20. The second kappa shape index (κ2) is 4.87. The third-order valence-corrected chi connectivity index (χ3v) is 1.99. The highest BCUT2D eigenvalue weighted by Crippen LogP contribution is 2.14. The van der Waals surface area contributed by atoms with Crippen LogP contribution in [-0.2, 0) is 0 Å². The second-order valence-corrected chi connectivity index (χ2v) is 3.20. The van der Waals surface area contributed by atoms with Gasteiger partial charge in [-0.2, -0.15) is 0 Å². The van der Waals surface area contributed by atoms with Gasteiger partial charge >= 0.3 is 0 Å². The van der Waals surface area contributed by atoms with Crippen molar-refractivity contribution in [3.05, 3.63) is 36.3 Å². The van der Waals surface area contributed by atoms with Gasteiger partial charge in [0.15, 0.2) is 0 Å². The standard InChI is InChI=1S/C11H17NO/c1-4-5-8-12-10(3)11-7-6-9(2)13-11/h4,6-7,10,12H,1,5,8H2,2-3H3. The average molecular weight is 179 g/mol. The van der Waals surface area contributed by atoms with Crippen molar-refractivity contribution in [2.24, 2.45) is 0 Å². The van der Waals surface area contributed by atoms with E-state index in [2.05, 4.69) is 18.8 Å². The van der Waals surface area contributed by atoms with Gasteiger partial charge in [0, 0.05) is 0 Å². The maximum absolute atomic E-state index is 5.49. The number of hydrogen-bond donors (Lipinski definition) is 1. The summed E-state index contributed by atoms with van der Waals surface area (Å²) in [6.45, 7) is 8.68. The Morgan fingerprint density at radius 3 is 2.92 bits per heavy atom. The van der Waals surface area contributed by atoms with E-state index in [1.807, 2.05) is 25.1 Å². The molecule has 0 fully saturated rings. The summed E-state index contributed by atoms with van der Waals surface area (Å²) in [5.74, 6) is 1.97. The van der Waals surface area contributed by atoms with E-state index in [1.54, 1.807) is 0 Å². The number of aryl methyl sites for hydroxylation is 1. The number of furan rings is 1. The summed E-state index contributed by atoms with van der Waals surface area (Å²) in [6, 6.07) is 4.29. The van der Waals surface area contributed by atoms with Crippen molar-refractivity contribution in [1.29, 1.82) is 0 Å². The lowest BCUT2D eigenvalue weighted by atomic mass is 10.2. The van der Waals surface area contributed by atoms with Crippen molar-refractivity contribution in [3.63, 3.8) is 0 Å². The molecule has 72 valence electrons. The Morgan fingerprint density at radius 1 is 1.62 bits per heavy atom. The smallest absolute Gasteiger partial charge is 0.120 e. The summed E-state index contributed by atoms with van der Waals surface area (Å²) in [6.07, 6.45) is 2.90. The molecule has 1 aromatic rings. The molecule has 13 heavy (non-hydrogen) atoms. The lowest BCUT2D eigenvalue weighted by Gasteiger charge is -2.09. The molecule has 0 aliphatic rings. The molecule has 0 radical (unpaired) electrons. The summed E-state index contributed by atoms with van der Waals surface area (Å²) in [5, 5.41) is 3.35. The Balaban J connectivity index is 2.39. The molecule has 0 spiro atoms. The van der Waals surface area contributed by atoms with Gasteiger partial charge in [-0.25, -0.2) is 0 Å². The highest BCUT2D eigenvalue weighted by atomic mass is 16.3. The SMILES string of the molecule is C=CCCNC(C)c1ccc(C)o1. The van der Waals surface area contributed by atoms with Crippen LogP contribution >= 0.6 is 0 Å². The molecule has 0 amide bonds. The van der Waals surface area contributed by atoms with E-state index < -0.39 is 0 Å². The van der Waals surface area contributed by atoms with Crippen LogP contribution in [0.1, 0.15) is 30.9 Å². The lowest BCUT2D eigenvalue weighted by Crippen LogP contribution is -2.18. The molecular weight excluding hydrogens is 162 g/mol. The molecule has 2 heteroatoms. The first-order valence-electron chi connectivity index (χ1n) is 4.64. The van der Waals surface area contributed by atoms with Crippen LogP contribution in [0.3, 0.4) is 0 Å². The largest absolute Gasteiger partial charge is 0.465 e. The van der Waals surface area contributed by atoms with E-state index in [0.29, 0.717) is 0 Å². The summed E-state index contributed by atoms with van der Waals surface area (Å²) in [5.41, 5.74) is 0. The molecule has 2 nitrogen and oxygen atoms in total. The van der Waals surface area contributed by atoms with Crippen molar-refractivity contribution < 1.29 is 4.42 Å². The van der Waals surface area contributed by atoms with Crippen molar-refractivity contribution >= 4 is 0 Å². The lowest BCUT2D eigenvalue weighted by molar-refractivity contribution is 0.419. The average Bonchev–Trinajstić information content (AvgIpc) is 2.52. The highest BCUT2D eigenvalue weighted by Gasteiger charge is 2.07. The third kappa shape index (κ3) is 3.07. The molecular formula is C11H17NO. The quantitative estimate of drug-likeness (QED) is 0.555. The van der Waals surface area contributed by atoms with Gasteiger partial charge in [-0.3, -0.25) is 0 Å². The summed E-state index contributed by atoms with van der Waals surface area (Å²) >= 11 is 0. The Bertz CT molecular complexity index is 265. The van der Waals surface area contributed by atoms with E-state index >= 15 is 0 Å². The molecule has 0 aromatic carbocycles. The Morgan fingerprint density at radius 2 is 2.38 bits per heavy atom. The van der Waals surface area contributed by atoms with Crippen molar-refractivity contribution in [3.8, 4) is 0 Å². The number of nitrogens with one attached hydrogen (secondary N) is 1. The van der Waals surface area contributed by atoms with Crippen LogP contribution in [0.25, 0.3) is 0 Å². The van der Waals surface area contributed by atoms with E-state index in [-0.39, 0.29) is 6.04 Å². The minimum atomic E-state index is 0.286. The fraction of sp³-hybridized carbons (Fsp3) is 0.455. The van der Waals surface area contributed by atoms with Crippen molar-refractivity contribution in [1.82, 2.24) is 5.32 Å². The van der Waals surface area contributed by atoms with Gasteiger partial charge in [0.05, 0.1) is 6.04 Å². The van der Waals surface area contributed by atoms with Gasteiger partial charge in [-0.1, -0.05) is 6.08 Å². The number of rotatable bonds is 5. The van der Waals surface area contributed by atoms with E-state index in [4.69, 9.17) is 4.42 Å². The Kier molecular flexibility index (Phi) is 3.77. The summed E-state index contributed by atoms with van der Waals surface area (Å²) in [7, 11) is 0. The molecule has 0 aliphatic heterocycles. The van der Waals surface area contributed by atoms with Crippen LogP contribution in [0.4, 0.5) is 0 Å². The van der Waals surface area contributed by atoms with E-state index in [0.717, 1.165) is 24.5 Å². The molecule has 1 atom stereocenters. The molecule has 0 saturated heterocycles. The van der Waals surface area contributed by atoms with Gasteiger partial charge in [-0.15, -0.1) is 6.58 Å². The molecule has 1 N–H and O–H groups in total. The first-order chi connectivity index (χ1) is 6.24. The fourth-order valence-electron chi connectivity index (χ4n) is 1.19. The maximum Gasteiger partial charge on any atom is 0.120 e. The van der Waals surface area contributed by atoms with E-state index in [1.165, 1.54) is 0 Å². The zero-order valence-corrected chi connectivity index (χ0v) is 8.34. The normalized spacial score (nSPS) is 12.8. The first-order valence-corrected chi connectivity index (χ1v) is 4.64. The molecule has 0 bridgehead atoms. The van der Waals surface area contributed by atoms with Crippen LogP contribution < -0.4 is 5.32 Å². The first kappa shape index (κ1) is 10.1. The predicted molar refractivity (Wildman–Crippen MR) is 54.7 cm³/mol. The van der Waals surface area contributed by atoms with Crippen LogP contribution in [0, 0.1) is 6.92 Å². The molecule has 1 rings (SSSR count). The highest BCUT2D eigenvalue weighted by molar-refractivity contribution is 5.08. The molecule has 0 saturated carbocycles. The van der Waals surface area contributed by atoms with Gasteiger partial charge in [0.25, 0.3) is 0 Å². The van der Waals surface area contributed by atoms with Crippen molar-refractivity contribution in [2.45, 2.75) is 26.3 Å². The fourth-order valence-corrected chi connectivity index (χ4v) is 1.19. The number of hydrogen-bond acceptors (Lipinski definition) is 2. The van der Waals surface area contributed by atoms with Crippen molar-refractivity contribution in [2.75, 3.05) is 6.54 Å². The van der Waals surface area contributed by atoms with Gasteiger partial charge in [-0.05, 0) is 38.9 Å². The van der Waals surface area contributed by atoms with Gasteiger partial charge < -0.3 is 9.73 Å². The Labute approximate surface area is 79.6 Å². The van der Waals surface area contributed by atoms with Crippen LogP contribution in [0.5, 0.6) is 0 Å². The van der Waals surface area contributed by atoms with Crippen LogP contribution in [0.2, 0.25) is 0 Å². The Hall–Kier alpha value is -1.02. The zero-order chi connectivity index (χ0) is 9.68. The zero-order valence-electron chi connectivity index (χ0n) is 8.34. The molecule has 1 aromatic heterocycles. The van der Waals surface area contributed by atoms with E-state index in [9.17, 15) is 0 Å². The molecule has 1 unspecified atom stereocenters. The minimum absolute atomic E-state index is 0.286. The minimum Gasteiger partial charge on any atom is -0.465 e. The summed E-state index contributed by atoms with van der Waals surface area (Å²) < 4.78 is 5.49. The molecule has 0 aliphatic carbocycles. The topological polar surface area (TPSA) is 25.2 Å². The maximum atomic E-state index is 5.49. The van der Waals surface area contributed by atoms with Crippen LogP contribution in [0.15, 0.2) is 29.2 Å². The third-order valence-electron chi connectivity index (χ3n) is 1.99. The monoisotopic (exact) mass is 179 g/mol. The summed E-state index contributed by atoms with van der Waals surface area (Å²) in [4.78, 5) is 0. The van der Waals surface area contributed by atoms with Gasteiger partial charge in [0.2, 0.25) is 0 Å².